The van der Waals surface area contributed by atoms with Gasteiger partial charge in [0.05, 0.1) is 16.0 Å². The van der Waals surface area contributed by atoms with E-state index < -0.39 is 4.92 Å². The molecule has 0 aliphatic rings. The molecule has 8 nitrogen and oxygen atoms in total. The Morgan fingerprint density at radius 3 is 2.52 bits per heavy atom. The van der Waals surface area contributed by atoms with Crippen LogP contribution in [0.15, 0.2) is 78.0 Å². The number of nitrogens with zero attached hydrogens (tertiary/aromatic N) is 4. The number of pyridine rings is 1. The molecule has 0 radical (unpaired) electrons. The quantitative estimate of drug-likeness (QED) is 0.321. The molecule has 27 heavy (non-hydrogen) atoms. The van der Waals surface area contributed by atoms with E-state index >= 15 is 0 Å². The summed E-state index contributed by atoms with van der Waals surface area (Å²) in [6, 6.07) is 20.2. The van der Waals surface area contributed by atoms with Crippen molar-refractivity contribution in [1.82, 2.24) is 15.0 Å². The molecule has 4 aromatic rings. The van der Waals surface area contributed by atoms with Gasteiger partial charge in [0.2, 0.25) is 0 Å². The third-order valence-electron chi connectivity index (χ3n) is 3.90. The van der Waals surface area contributed by atoms with Crippen molar-refractivity contribution in [2.75, 3.05) is 5.43 Å². The highest BCUT2D eigenvalue weighted by Gasteiger charge is 2.12. The number of rotatable bonds is 5. The van der Waals surface area contributed by atoms with Gasteiger partial charge in [0.15, 0.2) is 5.82 Å². The molecular formula is C19H14N6O2. The van der Waals surface area contributed by atoms with E-state index in [0.29, 0.717) is 17.4 Å². The third kappa shape index (κ3) is 3.49. The van der Waals surface area contributed by atoms with E-state index in [9.17, 15) is 10.1 Å². The molecule has 2 aromatic heterocycles. The number of benzene rings is 2. The molecule has 0 aliphatic carbocycles. The lowest BCUT2D eigenvalue weighted by Crippen LogP contribution is -2.09. The van der Waals surface area contributed by atoms with E-state index in [2.05, 4.69) is 25.5 Å². The summed E-state index contributed by atoms with van der Waals surface area (Å²) in [5.74, 6) is 1.00. The van der Waals surface area contributed by atoms with Crippen molar-refractivity contribution in [1.29, 1.82) is 0 Å². The summed E-state index contributed by atoms with van der Waals surface area (Å²) in [5.41, 5.74) is 5.98. The Balaban J connectivity index is 1.71. The molecule has 2 aromatic carbocycles. The Morgan fingerprint density at radius 1 is 1.04 bits per heavy atom. The van der Waals surface area contributed by atoms with Gasteiger partial charge in [0.1, 0.15) is 17.7 Å². The molecule has 0 atom stereocenters. The second-order valence-corrected chi connectivity index (χ2v) is 5.70. The van der Waals surface area contributed by atoms with Gasteiger partial charge in [0.25, 0.3) is 5.69 Å². The van der Waals surface area contributed by atoms with Gasteiger partial charge in [-0.15, -0.1) is 0 Å². The van der Waals surface area contributed by atoms with Crippen molar-refractivity contribution >= 4 is 28.3 Å². The monoisotopic (exact) mass is 358 g/mol. The number of nitro groups is 1. The minimum absolute atomic E-state index is 0.0786. The number of hydrazone groups is 1. The molecule has 0 bridgehead atoms. The molecule has 0 saturated heterocycles. The Kier molecular flexibility index (Phi) is 4.28. The van der Waals surface area contributed by atoms with Gasteiger partial charge < -0.3 is 4.98 Å². The Bertz CT molecular complexity index is 1090. The summed E-state index contributed by atoms with van der Waals surface area (Å²) < 4.78 is 0. The number of imidazole rings is 1. The number of H-pyrrole nitrogens is 1. The van der Waals surface area contributed by atoms with Gasteiger partial charge in [-0.25, -0.2) is 9.97 Å². The smallest absolute Gasteiger partial charge is 0.287 e. The number of hydrogen-bond donors (Lipinski definition) is 2. The van der Waals surface area contributed by atoms with E-state index in [1.54, 1.807) is 0 Å². The first-order valence-electron chi connectivity index (χ1n) is 8.15. The number of aromatic amines is 1. The molecule has 0 spiro atoms. The van der Waals surface area contributed by atoms with Crippen LogP contribution < -0.4 is 5.43 Å². The fourth-order valence-corrected chi connectivity index (χ4v) is 2.59. The number of para-hydroxylation sites is 2. The van der Waals surface area contributed by atoms with Gasteiger partial charge in [0, 0.05) is 11.6 Å². The summed E-state index contributed by atoms with van der Waals surface area (Å²) in [7, 11) is 0. The number of anilines is 1. The molecule has 0 saturated carbocycles. The SMILES string of the molecule is O=[N+]([O-])c1ccc(N/N=C(\c2ccccc2)c2nc3ccccc3[nH]2)nc1. The van der Waals surface area contributed by atoms with E-state index in [-0.39, 0.29) is 5.69 Å². The van der Waals surface area contributed by atoms with Gasteiger partial charge in [-0.3, -0.25) is 15.5 Å². The molecule has 8 heteroatoms. The van der Waals surface area contributed by atoms with Crippen LogP contribution in [0.25, 0.3) is 11.0 Å². The second kappa shape index (κ2) is 7.04. The predicted octanol–water partition coefficient (Wildman–Crippen LogP) is 3.73. The lowest BCUT2D eigenvalue weighted by molar-refractivity contribution is -0.385. The number of hydrogen-bond acceptors (Lipinski definition) is 6. The first kappa shape index (κ1) is 16.4. The van der Waals surface area contributed by atoms with E-state index in [4.69, 9.17) is 0 Å². The highest BCUT2D eigenvalue weighted by Crippen LogP contribution is 2.16. The summed E-state index contributed by atoms with van der Waals surface area (Å²) in [6.07, 6.45) is 1.18. The third-order valence-corrected chi connectivity index (χ3v) is 3.90. The van der Waals surface area contributed by atoms with Crippen LogP contribution in [0.3, 0.4) is 0 Å². The van der Waals surface area contributed by atoms with Crippen LogP contribution in [-0.2, 0) is 0 Å². The molecule has 0 unspecified atom stereocenters. The molecule has 0 amide bonds. The van der Waals surface area contributed by atoms with Crippen LogP contribution in [0.5, 0.6) is 0 Å². The molecule has 4 rings (SSSR count). The van der Waals surface area contributed by atoms with Crippen LogP contribution in [0.2, 0.25) is 0 Å². The largest absolute Gasteiger partial charge is 0.337 e. The second-order valence-electron chi connectivity index (χ2n) is 5.70. The maximum Gasteiger partial charge on any atom is 0.287 e. The number of aromatic nitrogens is 3. The standard InChI is InChI=1S/C19H14N6O2/c26-25(27)14-10-11-17(20-12-14)23-24-18(13-6-2-1-3-7-13)19-21-15-8-4-5-9-16(15)22-19/h1-12H,(H,20,23)(H,21,22)/b24-18+. The molecule has 2 N–H and O–H groups in total. The molecule has 0 fully saturated rings. The van der Waals surface area contributed by atoms with Crippen LogP contribution in [0, 0.1) is 10.1 Å². The van der Waals surface area contributed by atoms with Crippen molar-refractivity contribution in [3.05, 3.63) is 94.4 Å². The Hall–Kier alpha value is -4.07. The zero-order valence-electron chi connectivity index (χ0n) is 14.0. The zero-order chi connectivity index (χ0) is 18.6. The molecular weight excluding hydrogens is 344 g/mol. The van der Waals surface area contributed by atoms with E-state index in [1.807, 2.05) is 54.6 Å². The summed E-state index contributed by atoms with van der Waals surface area (Å²) in [5, 5.41) is 15.2. The van der Waals surface area contributed by atoms with Gasteiger partial charge in [-0.2, -0.15) is 5.10 Å². The van der Waals surface area contributed by atoms with Crippen molar-refractivity contribution in [2.24, 2.45) is 5.10 Å². The van der Waals surface area contributed by atoms with Gasteiger partial charge >= 0.3 is 0 Å². The fourth-order valence-electron chi connectivity index (χ4n) is 2.59. The predicted molar refractivity (Wildman–Crippen MR) is 103 cm³/mol. The maximum atomic E-state index is 10.7. The van der Waals surface area contributed by atoms with Crippen LogP contribution in [0.4, 0.5) is 11.5 Å². The average Bonchev–Trinajstić information content (AvgIpc) is 3.13. The van der Waals surface area contributed by atoms with Gasteiger partial charge in [-0.1, -0.05) is 42.5 Å². The summed E-state index contributed by atoms with van der Waals surface area (Å²) >= 11 is 0. The Labute approximate surface area is 153 Å². The lowest BCUT2D eigenvalue weighted by Gasteiger charge is -2.05. The first-order chi connectivity index (χ1) is 13.2. The van der Waals surface area contributed by atoms with Crippen LogP contribution in [-0.4, -0.2) is 25.6 Å². The van der Waals surface area contributed by atoms with Crippen LogP contribution in [0.1, 0.15) is 11.4 Å². The minimum Gasteiger partial charge on any atom is -0.337 e. The van der Waals surface area contributed by atoms with E-state index in [1.165, 1.54) is 18.3 Å². The molecule has 132 valence electrons. The van der Waals surface area contributed by atoms with Crippen molar-refractivity contribution in [3.8, 4) is 0 Å². The van der Waals surface area contributed by atoms with Gasteiger partial charge in [-0.05, 0) is 18.2 Å². The Morgan fingerprint density at radius 2 is 1.81 bits per heavy atom. The van der Waals surface area contributed by atoms with E-state index in [0.717, 1.165) is 16.6 Å². The van der Waals surface area contributed by atoms with Crippen molar-refractivity contribution < 1.29 is 4.92 Å². The van der Waals surface area contributed by atoms with Crippen molar-refractivity contribution in [3.63, 3.8) is 0 Å². The number of nitrogens with one attached hydrogen (secondary N) is 2. The number of fused-ring (bicyclic) bond motifs is 1. The molecule has 0 aliphatic heterocycles. The highest BCUT2D eigenvalue weighted by molar-refractivity contribution is 6.12. The fraction of sp³-hybridized carbons (Fsp3) is 0. The zero-order valence-corrected chi connectivity index (χ0v) is 14.0. The average molecular weight is 358 g/mol. The first-order valence-corrected chi connectivity index (χ1v) is 8.15. The molecule has 2 heterocycles. The van der Waals surface area contributed by atoms with Crippen LogP contribution >= 0.6 is 0 Å². The lowest BCUT2D eigenvalue weighted by atomic mass is 10.1. The summed E-state index contributed by atoms with van der Waals surface area (Å²) in [6.45, 7) is 0. The highest BCUT2D eigenvalue weighted by atomic mass is 16.6. The topological polar surface area (TPSA) is 109 Å². The maximum absolute atomic E-state index is 10.7. The summed E-state index contributed by atoms with van der Waals surface area (Å²) in [4.78, 5) is 22.1. The van der Waals surface area contributed by atoms with Crippen molar-refractivity contribution in [2.45, 2.75) is 0 Å². The normalized spacial score (nSPS) is 11.5. The minimum atomic E-state index is -0.496.